The topological polar surface area (TPSA) is 32.3 Å². The van der Waals surface area contributed by atoms with E-state index in [2.05, 4.69) is 58.1 Å². The molecule has 130 valence electrons. The maximum absolute atomic E-state index is 4.91. The number of thiazole rings is 1. The predicted octanol–water partition coefficient (Wildman–Crippen LogP) is 4.18. The molecule has 1 unspecified atom stereocenters. The lowest BCUT2D eigenvalue weighted by molar-refractivity contribution is 0.268. The summed E-state index contributed by atoms with van der Waals surface area (Å²) in [6, 6.07) is 13.3. The number of pyridine rings is 1. The van der Waals surface area contributed by atoms with Crippen LogP contribution >= 0.6 is 11.3 Å². The van der Waals surface area contributed by atoms with Crippen LogP contribution < -0.4 is 4.90 Å². The van der Waals surface area contributed by atoms with Crippen molar-refractivity contribution in [2.45, 2.75) is 32.4 Å². The van der Waals surface area contributed by atoms with Crippen LogP contribution in [0.2, 0.25) is 0 Å². The zero-order valence-electron chi connectivity index (χ0n) is 14.6. The summed E-state index contributed by atoms with van der Waals surface area (Å²) >= 11 is 1.80. The van der Waals surface area contributed by atoms with Crippen LogP contribution in [0, 0.1) is 0 Å². The zero-order valence-corrected chi connectivity index (χ0v) is 15.5. The molecule has 0 radical (unpaired) electrons. The van der Waals surface area contributed by atoms with E-state index in [0.29, 0.717) is 6.04 Å². The van der Waals surface area contributed by atoms with Crippen LogP contribution in [-0.4, -0.2) is 40.5 Å². The molecule has 3 aromatic rings. The minimum atomic E-state index is 0.624. The molecule has 1 aliphatic rings. The Bertz CT molecular complexity index is 784. The van der Waals surface area contributed by atoms with Gasteiger partial charge in [0.1, 0.15) is 0 Å². The summed E-state index contributed by atoms with van der Waals surface area (Å²) in [5, 5.41) is 1.13. The van der Waals surface area contributed by atoms with Gasteiger partial charge < -0.3 is 4.90 Å². The van der Waals surface area contributed by atoms with Gasteiger partial charge in [-0.15, -0.1) is 0 Å². The Balaban J connectivity index is 1.62. The van der Waals surface area contributed by atoms with E-state index in [1.807, 2.05) is 12.4 Å². The highest BCUT2D eigenvalue weighted by molar-refractivity contribution is 7.22. The van der Waals surface area contributed by atoms with E-state index in [1.165, 1.54) is 29.6 Å². The predicted molar refractivity (Wildman–Crippen MR) is 105 cm³/mol. The highest BCUT2D eigenvalue weighted by atomic mass is 32.1. The molecule has 1 saturated heterocycles. The lowest BCUT2D eigenvalue weighted by Gasteiger charge is -2.30. The van der Waals surface area contributed by atoms with Gasteiger partial charge in [-0.2, -0.15) is 0 Å². The van der Waals surface area contributed by atoms with Crippen molar-refractivity contribution < 1.29 is 0 Å². The molecule has 3 heterocycles. The number of nitrogens with zero attached hydrogens (tertiary/aromatic N) is 4. The molecule has 1 aromatic carbocycles. The number of likely N-dealkylation sites (tertiary alicyclic amines) is 1. The highest BCUT2D eigenvalue weighted by Gasteiger charge is 2.26. The first-order chi connectivity index (χ1) is 12.3. The van der Waals surface area contributed by atoms with Crippen molar-refractivity contribution in [1.82, 2.24) is 14.9 Å². The van der Waals surface area contributed by atoms with Crippen molar-refractivity contribution in [2.75, 3.05) is 24.5 Å². The van der Waals surface area contributed by atoms with Gasteiger partial charge >= 0.3 is 0 Å². The van der Waals surface area contributed by atoms with Gasteiger partial charge in [0, 0.05) is 31.5 Å². The van der Waals surface area contributed by atoms with Gasteiger partial charge in [-0.25, -0.2) is 4.98 Å². The summed E-state index contributed by atoms with van der Waals surface area (Å²) in [4.78, 5) is 14.1. The normalized spacial score (nSPS) is 18.0. The van der Waals surface area contributed by atoms with Gasteiger partial charge in [-0.05, 0) is 55.8 Å². The van der Waals surface area contributed by atoms with Crippen molar-refractivity contribution in [2.24, 2.45) is 0 Å². The first kappa shape index (κ1) is 16.5. The molecule has 1 atom stereocenters. The smallest absolute Gasteiger partial charge is 0.186 e. The van der Waals surface area contributed by atoms with Gasteiger partial charge in [0.25, 0.3) is 0 Å². The molecular weight excluding hydrogens is 328 g/mol. The highest BCUT2D eigenvalue weighted by Crippen LogP contribution is 2.31. The van der Waals surface area contributed by atoms with Crippen molar-refractivity contribution >= 4 is 26.7 Å². The second-order valence-electron chi connectivity index (χ2n) is 6.62. The third-order valence-electron chi connectivity index (χ3n) is 5.01. The summed E-state index contributed by atoms with van der Waals surface area (Å²) in [5.74, 6) is 0. The van der Waals surface area contributed by atoms with E-state index < -0.39 is 0 Å². The Kier molecular flexibility index (Phi) is 4.95. The van der Waals surface area contributed by atoms with Gasteiger partial charge in [-0.1, -0.05) is 30.4 Å². The third kappa shape index (κ3) is 3.67. The van der Waals surface area contributed by atoms with Crippen molar-refractivity contribution in [3.05, 3.63) is 54.4 Å². The quantitative estimate of drug-likeness (QED) is 0.666. The van der Waals surface area contributed by atoms with Gasteiger partial charge in [0.2, 0.25) is 0 Å². The molecule has 4 rings (SSSR count). The van der Waals surface area contributed by atoms with Gasteiger partial charge in [0.05, 0.1) is 10.2 Å². The summed E-state index contributed by atoms with van der Waals surface area (Å²) in [7, 11) is 0. The lowest BCUT2D eigenvalue weighted by atomic mass is 10.2. The Morgan fingerprint density at radius 3 is 2.84 bits per heavy atom. The van der Waals surface area contributed by atoms with Crippen molar-refractivity contribution in [3.8, 4) is 0 Å². The molecule has 0 aliphatic carbocycles. The monoisotopic (exact) mass is 352 g/mol. The van der Waals surface area contributed by atoms with E-state index in [4.69, 9.17) is 4.98 Å². The molecule has 25 heavy (non-hydrogen) atoms. The van der Waals surface area contributed by atoms with Crippen molar-refractivity contribution in [3.63, 3.8) is 0 Å². The summed E-state index contributed by atoms with van der Waals surface area (Å²) in [5.41, 5.74) is 2.39. The zero-order chi connectivity index (χ0) is 17.1. The Morgan fingerprint density at radius 1 is 1.20 bits per heavy atom. The average molecular weight is 353 g/mol. The molecule has 5 heteroatoms. The van der Waals surface area contributed by atoms with E-state index >= 15 is 0 Å². The molecule has 0 amide bonds. The van der Waals surface area contributed by atoms with E-state index in [9.17, 15) is 0 Å². The molecule has 2 aromatic heterocycles. The summed E-state index contributed by atoms with van der Waals surface area (Å²) < 4.78 is 1.26. The van der Waals surface area contributed by atoms with E-state index in [0.717, 1.165) is 30.3 Å². The Hall–Kier alpha value is -1.98. The number of likely N-dealkylation sites (N-methyl/N-ethyl adjacent to an activating group) is 1. The minimum absolute atomic E-state index is 0.624. The third-order valence-corrected chi connectivity index (χ3v) is 6.11. The Morgan fingerprint density at radius 2 is 2.04 bits per heavy atom. The number of fused-ring (bicyclic) bond motifs is 1. The number of hydrogen-bond acceptors (Lipinski definition) is 5. The van der Waals surface area contributed by atoms with Crippen LogP contribution in [0.15, 0.2) is 48.8 Å². The largest absolute Gasteiger partial charge is 0.342 e. The number of aromatic nitrogens is 2. The van der Waals surface area contributed by atoms with Crippen LogP contribution in [0.4, 0.5) is 5.13 Å². The fraction of sp³-hybridized carbons (Fsp3) is 0.400. The first-order valence-corrected chi connectivity index (χ1v) is 9.88. The molecule has 4 nitrogen and oxygen atoms in total. The number of para-hydroxylation sites is 1. The average Bonchev–Trinajstić information content (AvgIpc) is 3.28. The maximum Gasteiger partial charge on any atom is 0.186 e. The maximum atomic E-state index is 4.91. The second-order valence-corrected chi connectivity index (χ2v) is 7.63. The Labute approximate surface area is 153 Å². The van der Waals surface area contributed by atoms with Crippen molar-refractivity contribution in [1.29, 1.82) is 0 Å². The molecule has 0 saturated carbocycles. The van der Waals surface area contributed by atoms with Gasteiger partial charge in [0.15, 0.2) is 5.13 Å². The number of benzene rings is 1. The number of anilines is 1. The minimum Gasteiger partial charge on any atom is -0.342 e. The summed E-state index contributed by atoms with van der Waals surface area (Å²) in [6.07, 6.45) is 6.34. The number of rotatable bonds is 6. The first-order valence-electron chi connectivity index (χ1n) is 9.07. The molecule has 0 spiro atoms. The van der Waals surface area contributed by atoms with Crippen LogP contribution in [-0.2, 0) is 6.54 Å². The molecule has 0 N–H and O–H groups in total. The molecular formula is C20H24N4S. The lowest BCUT2D eigenvalue weighted by Crippen LogP contribution is -2.40. The van der Waals surface area contributed by atoms with Crippen LogP contribution in [0.1, 0.15) is 25.3 Å². The standard InChI is InChI=1S/C20H24N4S/c1-2-23-13-5-6-17(23)15-24(14-16-9-11-21-12-10-16)20-22-18-7-3-4-8-19(18)25-20/h3-4,7-12,17H,2,5-6,13-15H2,1H3. The molecule has 0 bridgehead atoms. The van der Waals surface area contributed by atoms with E-state index in [-0.39, 0.29) is 0 Å². The molecule has 1 fully saturated rings. The fourth-order valence-corrected chi connectivity index (χ4v) is 4.66. The molecule has 1 aliphatic heterocycles. The SMILES string of the molecule is CCN1CCCC1CN(Cc1ccncc1)c1nc2ccccc2s1. The second kappa shape index (κ2) is 7.50. The summed E-state index contributed by atoms with van der Waals surface area (Å²) in [6.45, 7) is 6.55. The van der Waals surface area contributed by atoms with E-state index in [1.54, 1.807) is 11.3 Å². The van der Waals surface area contributed by atoms with Crippen LogP contribution in [0.25, 0.3) is 10.2 Å². The number of hydrogen-bond donors (Lipinski definition) is 0. The van der Waals surface area contributed by atoms with Crippen LogP contribution in [0.3, 0.4) is 0 Å². The van der Waals surface area contributed by atoms with Crippen LogP contribution in [0.5, 0.6) is 0 Å². The van der Waals surface area contributed by atoms with Gasteiger partial charge in [-0.3, -0.25) is 9.88 Å². The fourth-order valence-electron chi connectivity index (χ4n) is 3.69.